The van der Waals surface area contributed by atoms with E-state index in [0.29, 0.717) is 12.3 Å². The van der Waals surface area contributed by atoms with Gasteiger partial charge in [0.05, 0.1) is 17.8 Å². The van der Waals surface area contributed by atoms with E-state index in [9.17, 15) is 4.79 Å². The highest BCUT2D eigenvalue weighted by atomic mass is 32.1. The Morgan fingerprint density at radius 2 is 2.39 bits per heavy atom. The van der Waals surface area contributed by atoms with Crippen LogP contribution in [-0.4, -0.2) is 39.9 Å². The fourth-order valence-corrected chi connectivity index (χ4v) is 3.72. The Balaban J connectivity index is 1.63. The van der Waals surface area contributed by atoms with Crippen LogP contribution in [0.1, 0.15) is 25.5 Å². The highest BCUT2D eigenvalue weighted by Gasteiger charge is 2.26. The van der Waals surface area contributed by atoms with E-state index in [-0.39, 0.29) is 11.9 Å². The van der Waals surface area contributed by atoms with Gasteiger partial charge in [0.1, 0.15) is 5.01 Å². The molecule has 1 amide bonds. The fourth-order valence-electron chi connectivity index (χ4n) is 2.93. The highest BCUT2D eigenvalue weighted by molar-refractivity contribution is 7.13. The summed E-state index contributed by atoms with van der Waals surface area (Å²) in [7, 11) is 0. The predicted octanol–water partition coefficient (Wildman–Crippen LogP) is 2.33. The zero-order valence-electron chi connectivity index (χ0n) is 13.3. The third kappa shape index (κ3) is 3.95. The number of hydrogen-bond donors (Lipinski definition) is 1. The van der Waals surface area contributed by atoms with Gasteiger partial charge in [0.2, 0.25) is 5.91 Å². The van der Waals surface area contributed by atoms with Crippen LogP contribution in [0.2, 0.25) is 0 Å². The zero-order chi connectivity index (χ0) is 16.2. The van der Waals surface area contributed by atoms with Gasteiger partial charge in [-0.05, 0) is 37.8 Å². The SMILES string of the molecule is CC(N)C1CCCN(C(=O)Cc2csc(-c3ccccn3)n2)C1. The van der Waals surface area contributed by atoms with Crippen molar-refractivity contribution in [2.45, 2.75) is 32.2 Å². The number of carbonyl (C=O) groups is 1. The smallest absolute Gasteiger partial charge is 0.228 e. The Morgan fingerprint density at radius 3 is 3.13 bits per heavy atom. The monoisotopic (exact) mass is 330 g/mol. The van der Waals surface area contributed by atoms with Crippen LogP contribution in [0.5, 0.6) is 0 Å². The Labute approximate surface area is 140 Å². The van der Waals surface area contributed by atoms with Gasteiger partial charge in [-0.1, -0.05) is 6.07 Å². The van der Waals surface area contributed by atoms with Crippen LogP contribution in [0, 0.1) is 5.92 Å². The molecule has 23 heavy (non-hydrogen) atoms. The average Bonchev–Trinajstić information content (AvgIpc) is 3.04. The average molecular weight is 330 g/mol. The molecule has 2 N–H and O–H groups in total. The van der Waals surface area contributed by atoms with Gasteiger partial charge in [-0.3, -0.25) is 9.78 Å². The van der Waals surface area contributed by atoms with E-state index in [0.717, 1.165) is 42.3 Å². The molecule has 0 saturated carbocycles. The number of rotatable bonds is 4. The summed E-state index contributed by atoms with van der Waals surface area (Å²) >= 11 is 1.53. The van der Waals surface area contributed by atoms with Crippen LogP contribution in [0.4, 0.5) is 0 Å². The van der Waals surface area contributed by atoms with Crippen LogP contribution in [0.3, 0.4) is 0 Å². The lowest BCUT2D eigenvalue weighted by molar-refractivity contribution is -0.132. The van der Waals surface area contributed by atoms with Crippen molar-refractivity contribution < 1.29 is 4.79 Å². The summed E-state index contributed by atoms with van der Waals surface area (Å²) in [6.07, 6.45) is 4.26. The lowest BCUT2D eigenvalue weighted by Crippen LogP contribution is -2.45. The molecule has 1 saturated heterocycles. The molecule has 5 nitrogen and oxygen atoms in total. The number of likely N-dealkylation sites (tertiary alicyclic amines) is 1. The summed E-state index contributed by atoms with van der Waals surface area (Å²) in [6.45, 7) is 3.63. The Hall–Kier alpha value is -1.79. The van der Waals surface area contributed by atoms with Crippen molar-refractivity contribution in [3.05, 3.63) is 35.5 Å². The van der Waals surface area contributed by atoms with Gasteiger partial charge in [0.15, 0.2) is 0 Å². The molecular weight excluding hydrogens is 308 g/mol. The number of piperidine rings is 1. The maximum atomic E-state index is 12.5. The molecule has 3 heterocycles. The Bertz CT molecular complexity index is 656. The van der Waals surface area contributed by atoms with E-state index in [2.05, 4.69) is 9.97 Å². The van der Waals surface area contributed by atoms with E-state index in [4.69, 9.17) is 5.73 Å². The highest BCUT2D eigenvalue weighted by Crippen LogP contribution is 2.23. The summed E-state index contributed by atoms with van der Waals surface area (Å²) in [5.41, 5.74) is 7.67. The third-order valence-electron chi connectivity index (χ3n) is 4.32. The van der Waals surface area contributed by atoms with Crippen LogP contribution < -0.4 is 5.73 Å². The van der Waals surface area contributed by atoms with Crippen LogP contribution in [0.25, 0.3) is 10.7 Å². The molecule has 122 valence electrons. The fraction of sp³-hybridized carbons (Fsp3) is 0.471. The Morgan fingerprint density at radius 1 is 1.52 bits per heavy atom. The number of carbonyl (C=O) groups excluding carboxylic acids is 1. The summed E-state index contributed by atoms with van der Waals surface area (Å²) in [5.74, 6) is 0.556. The molecule has 3 rings (SSSR count). The van der Waals surface area contributed by atoms with E-state index in [1.807, 2.05) is 35.4 Å². The van der Waals surface area contributed by atoms with E-state index in [1.165, 1.54) is 11.3 Å². The van der Waals surface area contributed by atoms with E-state index in [1.54, 1.807) is 6.20 Å². The van der Waals surface area contributed by atoms with Crippen molar-refractivity contribution in [1.82, 2.24) is 14.9 Å². The second-order valence-electron chi connectivity index (χ2n) is 6.14. The molecule has 0 bridgehead atoms. The van der Waals surface area contributed by atoms with Gasteiger partial charge >= 0.3 is 0 Å². The van der Waals surface area contributed by atoms with Gasteiger partial charge in [0, 0.05) is 30.7 Å². The molecule has 1 aliphatic rings. The van der Waals surface area contributed by atoms with Crippen LogP contribution in [-0.2, 0) is 11.2 Å². The number of aromatic nitrogens is 2. The summed E-state index contributed by atoms with van der Waals surface area (Å²) in [4.78, 5) is 23.3. The molecule has 0 radical (unpaired) electrons. The number of pyridine rings is 1. The number of amides is 1. The summed E-state index contributed by atoms with van der Waals surface area (Å²) < 4.78 is 0. The summed E-state index contributed by atoms with van der Waals surface area (Å²) in [5, 5.41) is 2.81. The van der Waals surface area contributed by atoms with E-state index < -0.39 is 0 Å². The van der Waals surface area contributed by atoms with Crippen molar-refractivity contribution >= 4 is 17.2 Å². The molecule has 0 aromatic carbocycles. The van der Waals surface area contributed by atoms with Gasteiger partial charge in [-0.25, -0.2) is 4.98 Å². The van der Waals surface area contributed by atoms with Gasteiger partial charge in [-0.2, -0.15) is 0 Å². The second-order valence-corrected chi connectivity index (χ2v) is 7.00. The van der Waals surface area contributed by atoms with Crippen molar-refractivity contribution in [3.63, 3.8) is 0 Å². The topological polar surface area (TPSA) is 72.1 Å². The first kappa shape index (κ1) is 16.1. The van der Waals surface area contributed by atoms with Crippen molar-refractivity contribution in [3.8, 4) is 10.7 Å². The largest absolute Gasteiger partial charge is 0.342 e. The van der Waals surface area contributed by atoms with Gasteiger partial charge < -0.3 is 10.6 Å². The third-order valence-corrected chi connectivity index (χ3v) is 5.24. The van der Waals surface area contributed by atoms with Gasteiger partial charge in [0.25, 0.3) is 0 Å². The lowest BCUT2D eigenvalue weighted by Gasteiger charge is -2.34. The number of nitrogens with zero attached hydrogens (tertiary/aromatic N) is 3. The molecule has 0 aliphatic carbocycles. The van der Waals surface area contributed by atoms with Crippen molar-refractivity contribution in [1.29, 1.82) is 0 Å². The molecule has 1 fully saturated rings. The maximum Gasteiger partial charge on any atom is 0.228 e. The standard InChI is InChI=1S/C17H22N4OS/c1-12(18)13-5-4-8-21(10-13)16(22)9-14-11-23-17(20-14)15-6-2-3-7-19-15/h2-3,6-7,11-13H,4-5,8-10,18H2,1H3. The second kappa shape index (κ2) is 7.19. The van der Waals surface area contributed by atoms with Crippen LogP contribution >= 0.6 is 11.3 Å². The number of thiazole rings is 1. The van der Waals surface area contributed by atoms with Crippen LogP contribution in [0.15, 0.2) is 29.8 Å². The molecule has 2 aromatic rings. The molecule has 2 aromatic heterocycles. The first-order valence-corrected chi connectivity index (χ1v) is 8.90. The molecule has 1 aliphatic heterocycles. The van der Waals surface area contributed by atoms with Gasteiger partial charge in [-0.15, -0.1) is 11.3 Å². The number of nitrogens with two attached hydrogens (primary N) is 1. The Kier molecular flexibility index (Phi) is 5.03. The zero-order valence-corrected chi connectivity index (χ0v) is 14.1. The molecule has 6 heteroatoms. The molecule has 2 unspecified atom stereocenters. The summed E-state index contributed by atoms with van der Waals surface area (Å²) in [6, 6.07) is 5.89. The normalized spacial score (nSPS) is 19.6. The molecule has 0 spiro atoms. The van der Waals surface area contributed by atoms with Crippen molar-refractivity contribution in [2.24, 2.45) is 11.7 Å². The minimum atomic E-state index is 0.139. The maximum absolute atomic E-state index is 12.5. The quantitative estimate of drug-likeness (QED) is 0.934. The van der Waals surface area contributed by atoms with Crippen molar-refractivity contribution in [2.75, 3.05) is 13.1 Å². The molecular formula is C17H22N4OS. The lowest BCUT2D eigenvalue weighted by atomic mass is 9.92. The minimum Gasteiger partial charge on any atom is -0.342 e. The molecule has 2 atom stereocenters. The minimum absolute atomic E-state index is 0.139. The number of hydrogen-bond acceptors (Lipinski definition) is 5. The predicted molar refractivity (Wildman–Crippen MR) is 92.0 cm³/mol. The first-order chi connectivity index (χ1) is 11.1. The van der Waals surface area contributed by atoms with E-state index >= 15 is 0 Å². The first-order valence-electron chi connectivity index (χ1n) is 8.02.